The van der Waals surface area contributed by atoms with Crippen LogP contribution in [0.15, 0.2) is 4.52 Å². The fourth-order valence-corrected chi connectivity index (χ4v) is 0.772. The zero-order valence-electron chi connectivity index (χ0n) is 8.39. The van der Waals surface area contributed by atoms with Gasteiger partial charge >= 0.3 is 12.0 Å². The molecule has 88 valence electrons. The molecule has 1 aromatic heterocycles. The van der Waals surface area contributed by atoms with Crippen LogP contribution in [-0.4, -0.2) is 33.9 Å². The van der Waals surface area contributed by atoms with Gasteiger partial charge in [-0.05, 0) is 0 Å². The van der Waals surface area contributed by atoms with Gasteiger partial charge in [0.2, 0.25) is 5.89 Å². The lowest BCUT2D eigenvalue weighted by Crippen LogP contribution is -2.36. The van der Waals surface area contributed by atoms with Gasteiger partial charge in [0.25, 0.3) is 0 Å². The van der Waals surface area contributed by atoms with Crippen LogP contribution in [-0.2, 0) is 16.2 Å². The summed E-state index contributed by atoms with van der Waals surface area (Å²) in [5.74, 6) is -0.487. The number of aliphatic carboxylic acids is 1. The molecule has 16 heavy (non-hydrogen) atoms. The van der Waals surface area contributed by atoms with Gasteiger partial charge in [0.05, 0.1) is 6.54 Å². The Balaban J connectivity index is 2.17. The number of hydrogen-bond donors (Lipinski definition) is 3. The molecule has 3 N–H and O–H groups in total. The first-order valence-electron chi connectivity index (χ1n) is 4.24. The molecule has 1 heterocycles. The number of carbonyl (C=O) groups excluding carboxylic acids is 1. The highest BCUT2D eigenvalue weighted by Crippen LogP contribution is 1.93. The summed E-state index contributed by atoms with van der Waals surface area (Å²) in [4.78, 5) is 29.2. The van der Waals surface area contributed by atoms with E-state index in [0.717, 1.165) is 0 Å². The quantitative estimate of drug-likeness (QED) is 0.564. The molecule has 0 bridgehead atoms. The summed E-state index contributed by atoms with van der Waals surface area (Å²) < 4.78 is 4.67. The van der Waals surface area contributed by atoms with Crippen LogP contribution < -0.4 is 10.8 Å². The van der Waals surface area contributed by atoms with Gasteiger partial charge in [0.1, 0.15) is 0 Å². The molecule has 0 saturated heterocycles. The van der Waals surface area contributed by atoms with Gasteiger partial charge in [-0.3, -0.25) is 4.84 Å². The normalized spacial score (nSPS) is 9.81. The van der Waals surface area contributed by atoms with Crippen molar-refractivity contribution in [2.45, 2.75) is 13.5 Å². The van der Waals surface area contributed by atoms with E-state index in [1.54, 1.807) is 6.92 Å². The molecule has 0 aliphatic carbocycles. The molecule has 1 rings (SSSR count). The number of nitrogens with one attached hydrogen (secondary N) is 2. The maximum absolute atomic E-state index is 11.0. The summed E-state index contributed by atoms with van der Waals surface area (Å²) >= 11 is 0. The molecule has 0 radical (unpaired) electrons. The van der Waals surface area contributed by atoms with Crippen molar-refractivity contribution in [3.8, 4) is 0 Å². The van der Waals surface area contributed by atoms with Crippen molar-refractivity contribution >= 4 is 12.0 Å². The van der Waals surface area contributed by atoms with Crippen LogP contribution >= 0.6 is 0 Å². The summed E-state index contributed by atoms with van der Waals surface area (Å²) in [6, 6.07) is -0.691. The van der Waals surface area contributed by atoms with Crippen LogP contribution in [0.3, 0.4) is 0 Å². The van der Waals surface area contributed by atoms with Gasteiger partial charge in [-0.2, -0.15) is 4.98 Å². The zero-order valence-corrected chi connectivity index (χ0v) is 8.39. The Labute approximate surface area is 89.7 Å². The molecular formula is C7H10N4O5. The first-order valence-corrected chi connectivity index (χ1v) is 4.24. The number of aryl methyl sites for hydroxylation is 1. The van der Waals surface area contributed by atoms with E-state index >= 15 is 0 Å². The first-order chi connectivity index (χ1) is 7.58. The lowest BCUT2D eigenvalue weighted by atomic mass is 10.6. The highest BCUT2D eigenvalue weighted by molar-refractivity contribution is 5.73. The Hall–Kier alpha value is -2.16. The topological polar surface area (TPSA) is 127 Å². The van der Waals surface area contributed by atoms with Gasteiger partial charge in [0.15, 0.2) is 12.4 Å². The largest absolute Gasteiger partial charge is 0.479 e. The second kappa shape index (κ2) is 5.66. The van der Waals surface area contributed by atoms with E-state index in [0.29, 0.717) is 11.7 Å². The molecule has 0 fully saturated rings. The van der Waals surface area contributed by atoms with E-state index in [9.17, 15) is 9.59 Å². The first kappa shape index (κ1) is 11.9. The highest BCUT2D eigenvalue weighted by atomic mass is 16.7. The maximum Gasteiger partial charge on any atom is 0.339 e. The smallest absolute Gasteiger partial charge is 0.339 e. The average Bonchev–Trinajstić information content (AvgIpc) is 2.61. The van der Waals surface area contributed by atoms with Crippen LogP contribution in [0.4, 0.5) is 4.79 Å². The Morgan fingerprint density at radius 3 is 2.88 bits per heavy atom. The van der Waals surface area contributed by atoms with Crippen molar-refractivity contribution < 1.29 is 24.1 Å². The number of rotatable bonds is 5. The van der Waals surface area contributed by atoms with Crippen LogP contribution in [0.1, 0.15) is 11.7 Å². The van der Waals surface area contributed by atoms with Gasteiger partial charge in [-0.1, -0.05) is 5.16 Å². The number of hydrogen-bond acceptors (Lipinski definition) is 6. The minimum atomic E-state index is -1.19. The number of urea groups is 1. The van der Waals surface area contributed by atoms with E-state index in [1.807, 2.05) is 5.48 Å². The fourth-order valence-electron chi connectivity index (χ4n) is 0.772. The van der Waals surface area contributed by atoms with Crippen molar-refractivity contribution in [1.82, 2.24) is 20.9 Å². The summed E-state index contributed by atoms with van der Waals surface area (Å²) in [6.07, 6.45) is 0. The van der Waals surface area contributed by atoms with E-state index in [1.165, 1.54) is 0 Å². The highest BCUT2D eigenvalue weighted by Gasteiger charge is 2.05. The molecule has 0 aliphatic rings. The molecule has 0 atom stereocenters. The number of aromatic nitrogens is 2. The van der Waals surface area contributed by atoms with E-state index in [-0.39, 0.29) is 6.54 Å². The fraction of sp³-hybridized carbons (Fsp3) is 0.429. The molecule has 0 saturated carbocycles. The minimum Gasteiger partial charge on any atom is -0.479 e. The molecule has 0 unspecified atom stereocenters. The van der Waals surface area contributed by atoms with Crippen molar-refractivity contribution in [2.75, 3.05) is 6.61 Å². The number of carboxylic acids is 1. The third-order valence-corrected chi connectivity index (χ3v) is 1.34. The molecule has 0 aromatic carbocycles. The van der Waals surface area contributed by atoms with Gasteiger partial charge in [-0.15, -0.1) is 0 Å². The summed E-state index contributed by atoms with van der Waals surface area (Å²) in [5.41, 5.74) is 1.87. The summed E-state index contributed by atoms with van der Waals surface area (Å²) in [7, 11) is 0. The second-order valence-electron chi connectivity index (χ2n) is 2.70. The Bertz CT molecular complexity index is 377. The van der Waals surface area contributed by atoms with Gasteiger partial charge in [-0.25, -0.2) is 15.1 Å². The Morgan fingerprint density at radius 1 is 1.56 bits per heavy atom. The SMILES string of the molecule is Cc1nc(CNC(=O)NOCC(=O)O)no1. The van der Waals surface area contributed by atoms with Crippen LogP contribution in [0.25, 0.3) is 0 Å². The van der Waals surface area contributed by atoms with Crippen LogP contribution in [0, 0.1) is 6.92 Å². The number of amides is 2. The standard InChI is InChI=1S/C7H10N4O5/c1-4-9-5(10-16-4)2-8-7(14)11-15-3-6(12)13/h2-3H2,1H3,(H,12,13)(H2,8,11,14). The van der Waals surface area contributed by atoms with Gasteiger partial charge in [0, 0.05) is 6.92 Å². The van der Waals surface area contributed by atoms with E-state index in [2.05, 4.69) is 24.8 Å². The number of carbonyl (C=O) groups is 2. The van der Waals surface area contributed by atoms with Crippen LogP contribution in [0.2, 0.25) is 0 Å². The van der Waals surface area contributed by atoms with Crippen molar-refractivity contribution in [3.63, 3.8) is 0 Å². The Morgan fingerprint density at radius 2 is 2.31 bits per heavy atom. The summed E-state index contributed by atoms with van der Waals surface area (Å²) in [5, 5.41) is 14.1. The van der Waals surface area contributed by atoms with Crippen molar-refractivity contribution in [2.24, 2.45) is 0 Å². The van der Waals surface area contributed by atoms with Crippen LogP contribution in [0.5, 0.6) is 0 Å². The van der Waals surface area contributed by atoms with E-state index in [4.69, 9.17) is 5.11 Å². The number of hydroxylamine groups is 1. The van der Waals surface area contributed by atoms with Crippen molar-refractivity contribution in [3.05, 3.63) is 11.7 Å². The van der Waals surface area contributed by atoms with Gasteiger partial charge < -0.3 is 14.9 Å². The molecule has 0 spiro atoms. The molecule has 2 amide bonds. The predicted molar refractivity (Wildman–Crippen MR) is 48.0 cm³/mol. The number of nitrogens with zero attached hydrogens (tertiary/aromatic N) is 2. The number of carboxylic acid groups (broad SMARTS) is 1. The van der Waals surface area contributed by atoms with E-state index < -0.39 is 18.6 Å². The second-order valence-corrected chi connectivity index (χ2v) is 2.70. The maximum atomic E-state index is 11.0. The predicted octanol–water partition coefficient (Wildman–Crippen LogP) is -0.807. The molecular weight excluding hydrogens is 220 g/mol. The lowest BCUT2D eigenvalue weighted by Gasteiger charge is -2.03. The molecule has 9 nitrogen and oxygen atoms in total. The monoisotopic (exact) mass is 230 g/mol. The molecule has 0 aliphatic heterocycles. The summed E-state index contributed by atoms with van der Waals surface area (Å²) in [6.45, 7) is 1.06. The van der Waals surface area contributed by atoms with Crippen molar-refractivity contribution in [1.29, 1.82) is 0 Å². The molecule has 1 aromatic rings. The lowest BCUT2D eigenvalue weighted by molar-refractivity contribution is -0.144. The molecule has 9 heteroatoms. The zero-order chi connectivity index (χ0) is 12.0. The average molecular weight is 230 g/mol. The third-order valence-electron chi connectivity index (χ3n) is 1.34. The minimum absolute atomic E-state index is 0.0552. The third kappa shape index (κ3) is 4.37. The Kier molecular flexibility index (Phi) is 4.21.